The van der Waals surface area contributed by atoms with E-state index in [1.165, 1.54) is 0 Å². The number of carbonyl (C=O) groups excluding carboxylic acids is 1. The topological polar surface area (TPSA) is 119 Å². The predicted molar refractivity (Wildman–Crippen MR) is 111 cm³/mol. The molecule has 0 saturated heterocycles. The second-order valence-corrected chi connectivity index (χ2v) is 7.34. The lowest BCUT2D eigenvalue weighted by molar-refractivity contribution is -0.150. The number of carbonyl (C=O) groups is 3. The molecule has 0 fully saturated rings. The van der Waals surface area contributed by atoms with Crippen molar-refractivity contribution in [2.45, 2.75) is 44.3 Å². The van der Waals surface area contributed by atoms with E-state index < -0.39 is 36.0 Å². The number of benzene rings is 2. The van der Waals surface area contributed by atoms with Crippen LogP contribution in [0, 0.1) is 0 Å². The van der Waals surface area contributed by atoms with Gasteiger partial charge in [0.2, 0.25) is 0 Å². The summed E-state index contributed by atoms with van der Waals surface area (Å²) in [6.45, 7) is 1.54. The highest BCUT2D eigenvalue weighted by Gasteiger charge is 2.37. The van der Waals surface area contributed by atoms with Crippen molar-refractivity contribution in [3.8, 4) is 0 Å². The first-order chi connectivity index (χ1) is 14.4. The molecule has 1 aliphatic heterocycles. The number of nitrogens with one attached hydrogen (secondary N) is 2. The molecular weight excluding hydrogens is 386 g/mol. The van der Waals surface area contributed by atoms with Crippen molar-refractivity contribution in [2.24, 2.45) is 0 Å². The quantitative estimate of drug-likeness (QED) is 0.524. The van der Waals surface area contributed by atoms with E-state index in [4.69, 9.17) is 0 Å². The number of amides is 1. The van der Waals surface area contributed by atoms with E-state index in [1.54, 1.807) is 19.1 Å². The Morgan fingerprint density at radius 1 is 1.10 bits per heavy atom. The van der Waals surface area contributed by atoms with E-state index in [0.29, 0.717) is 18.5 Å². The fraction of sp³-hybridized carbons (Fsp3) is 0.318. The van der Waals surface area contributed by atoms with E-state index in [2.05, 4.69) is 10.7 Å². The minimum atomic E-state index is -1.13. The van der Waals surface area contributed by atoms with Crippen LogP contribution in [0.5, 0.6) is 0 Å². The highest BCUT2D eigenvalue weighted by molar-refractivity contribution is 5.89. The lowest BCUT2D eigenvalue weighted by atomic mass is 10.0. The number of para-hydroxylation sites is 1. The Bertz CT molecular complexity index is 918. The van der Waals surface area contributed by atoms with E-state index in [0.717, 1.165) is 16.1 Å². The van der Waals surface area contributed by atoms with Gasteiger partial charge in [0.15, 0.2) is 6.04 Å². The molecule has 0 bridgehead atoms. The maximum Gasteiger partial charge on any atom is 0.328 e. The summed E-state index contributed by atoms with van der Waals surface area (Å²) in [6.07, 6.45) is 1.02. The number of fused-ring (bicyclic) bond motifs is 1. The maximum absolute atomic E-state index is 13.0. The van der Waals surface area contributed by atoms with Gasteiger partial charge in [0.1, 0.15) is 6.04 Å². The molecule has 1 heterocycles. The molecule has 158 valence electrons. The van der Waals surface area contributed by atoms with Gasteiger partial charge in [0.25, 0.3) is 5.91 Å². The van der Waals surface area contributed by atoms with Crippen LogP contribution in [0.1, 0.15) is 24.5 Å². The van der Waals surface area contributed by atoms with E-state index >= 15 is 0 Å². The van der Waals surface area contributed by atoms with Crippen molar-refractivity contribution in [1.29, 1.82) is 0 Å². The molecule has 3 rings (SSSR count). The average Bonchev–Trinajstić information content (AvgIpc) is 2.75. The summed E-state index contributed by atoms with van der Waals surface area (Å²) in [5, 5.41) is 23.1. The summed E-state index contributed by atoms with van der Waals surface area (Å²) >= 11 is 0. The second kappa shape index (κ2) is 9.41. The standard InChI is InChI=1S/C22H25N3O5/c1-14(23-18(21(27)28)12-11-15-7-3-2-4-8-15)20(26)25-19(22(29)30)13-16-9-5-6-10-17(16)24-25/h2-10,14,18-19,23-24H,11-13H2,1H3,(H,27,28)(H,29,30)/t14-,18?,19?/m1/s1. The molecule has 1 amide bonds. The minimum Gasteiger partial charge on any atom is -0.480 e. The van der Waals surface area contributed by atoms with Crippen LogP contribution < -0.4 is 10.7 Å². The third kappa shape index (κ3) is 4.96. The molecule has 30 heavy (non-hydrogen) atoms. The van der Waals surface area contributed by atoms with Crippen molar-refractivity contribution in [3.63, 3.8) is 0 Å². The average molecular weight is 411 g/mol. The molecule has 2 aromatic rings. The Morgan fingerprint density at radius 2 is 1.77 bits per heavy atom. The molecule has 0 aliphatic carbocycles. The largest absolute Gasteiger partial charge is 0.480 e. The molecule has 0 spiro atoms. The van der Waals surface area contributed by atoms with E-state index in [1.807, 2.05) is 42.5 Å². The second-order valence-electron chi connectivity index (χ2n) is 7.34. The smallest absolute Gasteiger partial charge is 0.328 e. The van der Waals surface area contributed by atoms with Gasteiger partial charge in [0.05, 0.1) is 11.7 Å². The molecule has 4 N–H and O–H groups in total. The molecule has 2 unspecified atom stereocenters. The highest BCUT2D eigenvalue weighted by Crippen LogP contribution is 2.25. The van der Waals surface area contributed by atoms with Crippen molar-refractivity contribution in [3.05, 3.63) is 65.7 Å². The first-order valence-corrected chi connectivity index (χ1v) is 9.80. The van der Waals surface area contributed by atoms with Crippen molar-refractivity contribution < 1.29 is 24.6 Å². The van der Waals surface area contributed by atoms with Crippen molar-refractivity contribution in [1.82, 2.24) is 10.3 Å². The van der Waals surface area contributed by atoms with Gasteiger partial charge in [-0.25, -0.2) is 9.80 Å². The molecule has 2 aromatic carbocycles. The Morgan fingerprint density at radius 3 is 2.43 bits per heavy atom. The van der Waals surface area contributed by atoms with Crippen LogP contribution >= 0.6 is 0 Å². The zero-order chi connectivity index (χ0) is 21.7. The molecule has 0 aromatic heterocycles. The van der Waals surface area contributed by atoms with Crippen LogP contribution in [0.4, 0.5) is 5.69 Å². The van der Waals surface area contributed by atoms with Crippen molar-refractivity contribution in [2.75, 3.05) is 5.43 Å². The van der Waals surface area contributed by atoms with Gasteiger partial charge in [0, 0.05) is 6.42 Å². The van der Waals surface area contributed by atoms with Crippen LogP contribution in [0.3, 0.4) is 0 Å². The Labute approximate surface area is 174 Å². The van der Waals surface area contributed by atoms with Gasteiger partial charge in [-0.2, -0.15) is 0 Å². The number of hydrazine groups is 1. The van der Waals surface area contributed by atoms with Crippen LogP contribution in [0.15, 0.2) is 54.6 Å². The van der Waals surface area contributed by atoms with E-state index in [-0.39, 0.29) is 6.42 Å². The number of carboxylic acid groups (broad SMARTS) is 2. The van der Waals surface area contributed by atoms with Crippen molar-refractivity contribution >= 4 is 23.5 Å². The number of rotatable bonds is 8. The zero-order valence-electron chi connectivity index (χ0n) is 16.6. The third-order valence-corrected chi connectivity index (χ3v) is 5.19. The number of nitrogens with zero attached hydrogens (tertiary/aromatic N) is 1. The number of hydrogen-bond acceptors (Lipinski definition) is 5. The molecule has 0 radical (unpaired) electrons. The van der Waals surface area contributed by atoms with E-state index in [9.17, 15) is 24.6 Å². The first-order valence-electron chi connectivity index (χ1n) is 9.80. The number of carboxylic acids is 2. The molecule has 3 atom stereocenters. The van der Waals surface area contributed by atoms with Crippen LogP contribution in [0.2, 0.25) is 0 Å². The number of aliphatic carboxylic acids is 2. The predicted octanol–water partition coefficient (Wildman–Crippen LogP) is 1.92. The maximum atomic E-state index is 13.0. The van der Waals surface area contributed by atoms with Gasteiger partial charge < -0.3 is 10.2 Å². The van der Waals surface area contributed by atoms with Gasteiger partial charge in [-0.3, -0.25) is 20.3 Å². The number of anilines is 1. The normalized spacial score (nSPS) is 17.4. The molecule has 8 heteroatoms. The Kier molecular flexibility index (Phi) is 6.68. The zero-order valence-corrected chi connectivity index (χ0v) is 16.6. The Hall–Kier alpha value is -3.39. The van der Waals surface area contributed by atoms with Crippen LogP contribution in [0.25, 0.3) is 0 Å². The van der Waals surface area contributed by atoms with Crippen LogP contribution in [-0.2, 0) is 27.2 Å². The van der Waals surface area contributed by atoms with Gasteiger partial charge in [-0.05, 0) is 37.0 Å². The monoisotopic (exact) mass is 411 g/mol. The third-order valence-electron chi connectivity index (χ3n) is 5.19. The molecular formula is C22H25N3O5. The lowest BCUT2D eigenvalue weighted by Gasteiger charge is -2.37. The number of hydrogen-bond donors (Lipinski definition) is 4. The van der Waals surface area contributed by atoms with Gasteiger partial charge in [-0.1, -0.05) is 48.5 Å². The molecule has 8 nitrogen and oxygen atoms in total. The molecule has 0 saturated carbocycles. The lowest BCUT2D eigenvalue weighted by Crippen LogP contribution is -2.58. The SMILES string of the molecule is C[C@@H](NC(CCc1ccccc1)C(=O)O)C(=O)N1Nc2ccccc2CC1C(=O)O. The number of aryl methyl sites for hydroxylation is 1. The summed E-state index contributed by atoms with van der Waals surface area (Å²) in [5.41, 5.74) is 5.36. The Balaban J connectivity index is 1.69. The summed E-state index contributed by atoms with van der Waals surface area (Å²) in [4.78, 5) is 36.4. The summed E-state index contributed by atoms with van der Waals surface area (Å²) in [7, 11) is 0. The minimum absolute atomic E-state index is 0.174. The fourth-order valence-electron chi connectivity index (χ4n) is 3.54. The van der Waals surface area contributed by atoms with Gasteiger partial charge >= 0.3 is 11.9 Å². The summed E-state index contributed by atoms with van der Waals surface area (Å²) in [6, 6.07) is 13.8. The van der Waals surface area contributed by atoms with Crippen LogP contribution in [-0.4, -0.2) is 51.2 Å². The highest BCUT2D eigenvalue weighted by atomic mass is 16.4. The molecule has 1 aliphatic rings. The summed E-state index contributed by atoms with van der Waals surface area (Å²) < 4.78 is 0. The fourth-order valence-corrected chi connectivity index (χ4v) is 3.54. The first kappa shape index (κ1) is 21.3. The van der Waals surface area contributed by atoms with Gasteiger partial charge in [-0.15, -0.1) is 0 Å². The summed E-state index contributed by atoms with van der Waals surface area (Å²) in [5.74, 6) is -2.71.